The summed E-state index contributed by atoms with van der Waals surface area (Å²) in [6, 6.07) is 12.4. The van der Waals surface area contributed by atoms with E-state index in [4.69, 9.17) is 0 Å². The number of sulfonamides is 1. The molecule has 2 N–H and O–H groups in total. The molecule has 0 aliphatic rings. The number of hydrogen-bond donors (Lipinski definition) is 2. The molecule has 0 heterocycles. The normalized spacial score (nSPS) is 11.4. The van der Waals surface area contributed by atoms with Crippen molar-refractivity contribution in [3.63, 3.8) is 0 Å². The lowest BCUT2D eigenvalue weighted by molar-refractivity contribution is 0.599. The van der Waals surface area contributed by atoms with E-state index in [2.05, 4.69) is 26.0 Å². The number of benzene rings is 2. The van der Waals surface area contributed by atoms with Crippen molar-refractivity contribution in [1.82, 2.24) is 5.32 Å². The van der Waals surface area contributed by atoms with Gasteiger partial charge in [0.25, 0.3) is 10.0 Å². The third kappa shape index (κ3) is 3.84. The Labute approximate surface area is 133 Å². The fraction of sp³-hybridized carbons (Fsp3) is 0.200. The predicted octanol–water partition coefficient (Wildman–Crippen LogP) is 3.28. The molecule has 2 aromatic rings. The van der Waals surface area contributed by atoms with Gasteiger partial charge in [0.15, 0.2) is 0 Å². The standard InChI is InChI=1S/C15H17BrN2O2S/c1-11-7-8-14(13(16)9-11)18-21(19,20)15-6-4-3-5-12(15)10-17-2/h3-9,17-18H,10H2,1-2H3. The second-order valence-electron chi connectivity index (χ2n) is 4.73. The van der Waals surface area contributed by atoms with Gasteiger partial charge in [-0.1, -0.05) is 24.3 Å². The lowest BCUT2D eigenvalue weighted by Crippen LogP contribution is -2.17. The first-order valence-electron chi connectivity index (χ1n) is 6.45. The van der Waals surface area contributed by atoms with Crippen molar-refractivity contribution < 1.29 is 8.42 Å². The molecule has 0 fully saturated rings. The molecule has 2 aromatic carbocycles. The Morgan fingerprint density at radius 3 is 2.52 bits per heavy atom. The fourth-order valence-corrected chi connectivity index (χ4v) is 4.05. The first kappa shape index (κ1) is 16.0. The summed E-state index contributed by atoms with van der Waals surface area (Å²) in [7, 11) is -1.84. The summed E-state index contributed by atoms with van der Waals surface area (Å²) in [4.78, 5) is 0.284. The van der Waals surface area contributed by atoms with Gasteiger partial charge in [0.1, 0.15) is 0 Å². The van der Waals surface area contributed by atoms with Crippen LogP contribution in [0.2, 0.25) is 0 Å². The largest absolute Gasteiger partial charge is 0.316 e. The van der Waals surface area contributed by atoms with E-state index in [1.807, 2.05) is 25.1 Å². The van der Waals surface area contributed by atoms with E-state index in [1.165, 1.54) is 0 Å². The van der Waals surface area contributed by atoms with Crippen LogP contribution in [0.4, 0.5) is 5.69 Å². The Balaban J connectivity index is 2.39. The second kappa shape index (κ2) is 6.60. The zero-order chi connectivity index (χ0) is 15.5. The molecular formula is C15H17BrN2O2S. The van der Waals surface area contributed by atoms with Gasteiger partial charge in [0.05, 0.1) is 10.6 Å². The third-order valence-corrected chi connectivity index (χ3v) is 5.12. The number of hydrogen-bond acceptors (Lipinski definition) is 3. The van der Waals surface area contributed by atoms with Crippen LogP contribution in [-0.2, 0) is 16.6 Å². The van der Waals surface area contributed by atoms with Crippen molar-refractivity contribution in [3.05, 3.63) is 58.1 Å². The molecule has 0 saturated carbocycles. The molecule has 6 heteroatoms. The Bertz CT molecular complexity index is 745. The molecular weight excluding hydrogens is 352 g/mol. The van der Waals surface area contributed by atoms with E-state index in [9.17, 15) is 8.42 Å². The summed E-state index contributed by atoms with van der Waals surface area (Å²) >= 11 is 3.38. The predicted molar refractivity (Wildman–Crippen MR) is 88.9 cm³/mol. The van der Waals surface area contributed by atoms with Crippen LogP contribution in [0.25, 0.3) is 0 Å². The highest BCUT2D eigenvalue weighted by molar-refractivity contribution is 9.10. The molecule has 0 aromatic heterocycles. The SMILES string of the molecule is CNCc1ccccc1S(=O)(=O)Nc1ccc(C)cc1Br. The smallest absolute Gasteiger partial charge is 0.262 e. The molecule has 21 heavy (non-hydrogen) atoms. The van der Waals surface area contributed by atoms with Gasteiger partial charge in [-0.25, -0.2) is 8.42 Å². The van der Waals surface area contributed by atoms with Gasteiger partial charge in [-0.15, -0.1) is 0 Å². The molecule has 0 aliphatic carbocycles. The van der Waals surface area contributed by atoms with Gasteiger partial charge in [0.2, 0.25) is 0 Å². The Morgan fingerprint density at radius 2 is 1.86 bits per heavy atom. The molecule has 4 nitrogen and oxygen atoms in total. The zero-order valence-electron chi connectivity index (χ0n) is 11.9. The van der Waals surface area contributed by atoms with Crippen LogP contribution in [-0.4, -0.2) is 15.5 Å². The minimum atomic E-state index is -3.62. The maximum absolute atomic E-state index is 12.6. The molecule has 0 radical (unpaired) electrons. The van der Waals surface area contributed by atoms with Crippen molar-refractivity contribution in [1.29, 1.82) is 0 Å². The van der Waals surface area contributed by atoms with Gasteiger partial charge in [-0.3, -0.25) is 4.72 Å². The number of halogens is 1. The van der Waals surface area contributed by atoms with Crippen LogP contribution in [0.1, 0.15) is 11.1 Å². The van der Waals surface area contributed by atoms with Gasteiger partial charge in [0, 0.05) is 11.0 Å². The summed E-state index contributed by atoms with van der Waals surface area (Å²) < 4.78 is 28.5. The number of nitrogens with one attached hydrogen (secondary N) is 2. The highest BCUT2D eigenvalue weighted by Gasteiger charge is 2.18. The number of anilines is 1. The van der Waals surface area contributed by atoms with Crippen LogP contribution >= 0.6 is 15.9 Å². The fourth-order valence-electron chi connectivity index (χ4n) is 2.01. The molecule has 0 bridgehead atoms. The van der Waals surface area contributed by atoms with Crippen LogP contribution in [0, 0.1) is 6.92 Å². The highest BCUT2D eigenvalue weighted by Crippen LogP contribution is 2.27. The first-order valence-corrected chi connectivity index (χ1v) is 8.73. The molecule has 0 saturated heterocycles. The molecule has 0 aliphatic heterocycles. The minimum Gasteiger partial charge on any atom is -0.316 e. The topological polar surface area (TPSA) is 58.2 Å². The Hall–Kier alpha value is -1.37. The summed E-state index contributed by atoms with van der Waals surface area (Å²) in [5.74, 6) is 0. The van der Waals surface area contributed by atoms with Crippen LogP contribution in [0.5, 0.6) is 0 Å². The second-order valence-corrected chi connectivity index (χ2v) is 7.23. The lowest BCUT2D eigenvalue weighted by Gasteiger charge is -2.13. The minimum absolute atomic E-state index is 0.284. The molecule has 0 unspecified atom stereocenters. The van der Waals surface area contributed by atoms with Crippen molar-refractivity contribution >= 4 is 31.6 Å². The highest BCUT2D eigenvalue weighted by atomic mass is 79.9. The monoisotopic (exact) mass is 368 g/mol. The van der Waals surface area contributed by atoms with E-state index in [0.29, 0.717) is 12.2 Å². The molecule has 112 valence electrons. The van der Waals surface area contributed by atoms with Crippen molar-refractivity contribution in [3.8, 4) is 0 Å². The van der Waals surface area contributed by atoms with Crippen LogP contribution in [0.15, 0.2) is 51.8 Å². The van der Waals surface area contributed by atoms with Crippen molar-refractivity contribution in [2.75, 3.05) is 11.8 Å². The van der Waals surface area contributed by atoms with Crippen LogP contribution in [0.3, 0.4) is 0 Å². The summed E-state index contributed by atoms with van der Waals surface area (Å²) in [6.07, 6.45) is 0. The number of aryl methyl sites for hydroxylation is 1. The maximum atomic E-state index is 12.6. The lowest BCUT2D eigenvalue weighted by atomic mass is 10.2. The Kier molecular flexibility index (Phi) is 5.03. The van der Waals surface area contributed by atoms with Crippen molar-refractivity contribution in [2.24, 2.45) is 0 Å². The zero-order valence-corrected chi connectivity index (χ0v) is 14.3. The van der Waals surface area contributed by atoms with Gasteiger partial charge >= 0.3 is 0 Å². The van der Waals surface area contributed by atoms with Gasteiger partial charge in [-0.05, 0) is 59.2 Å². The maximum Gasteiger partial charge on any atom is 0.262 e. The van der Waals surface area contributed by atoms with E-state index in [1.54, 1.807) is 31.3 Å². The van der Waals surface area contributed by atoms with E-state index in [0.717, 1.165) is 15.6 Å². The van der Waals surface area contributed by atoms with Crippen LogP contribution < -0.4 is 10.0 Å². The van der Waals surface area contributed by atoms with Crippen molar-refractivity contribution in [2.45, 2.75) is 18.4 Å². The average Bonchev–Trinajstić information content (AvgIpc) is 2.43. The average molecular weight is 369 g/mol. The van der Waals surface area contributed by atoms with E-state index < -0.39 is 10.0 Å². The molecule has 0 amide bonds. The molecule has 0 spiro atoms. The number of rotatable bonds is 5. The molecule has 0 atom stereocenters. The van der Waals surface area contributed by atoms with Gasteiger partial charge < -0.3 is 5.32 Å². The Morgan fingerprint density at radius 1 is 1.14 bits per heavy atom. The first-order chi connectivity index (χ1) is 9.94. The summed E-state index contributed by atoms with van der Waals surface area (Å²) in [6.45, 7) is 2.44. The summed E-state index contributed by atoms with van der Waals surface area (Å²) in [5.41, 5.74) is 2.32. The third-order valence-electron chi connectivity index (χ3n) is 3.00. The van der Waals surface area contributed by atoms with Gasteiger partial charge in [-0.2, -0.15) is 0 Å². The molecule has 2 rings (SSSR count). The van der Waals surface area contributed by atoms with E-state index in [-0.39, 0.29) is 4.90 Å². The quantitative estimate of drug-likeness (QED) is 0.851. The van der Waals surface area contributed by atoms with E-state index >= 15 is 0 Å². The summed E-state index contributed by atoms with van der Waals surface area (Å²) in [5, 5.41) is 2.98.